The molecular weight excluding hydrogens is 612 g/mol. The molecule has 4 atom stereocenters. The molecule has 2 fully saturated rings. The molecule has 94 valence electrons. The van der Waals surface area contributed by atoms with Crippen molar-refractivity contribution in [2.75, 3.05) is 0 Å². The highest BCUT2D eigenvalue weighted by atomic mass is 79.9. The highest BCUT2D eigenvalue weighted by Crippen LogP contribution is 2.39. The van der Waals surface area contributed by atoms with E-state index in [4.69, 9.17) is 0 Å². The molecule has 0 bridgehead atoms. The lowest BCUT2D eigenvalue weighted by atomic mass is 10.1. The molecule has 0 radical (unpaired) electrons. The van der Waals surface area contributed by atoms with E-state index in [-0.39, 0.29) is 22.0 Å². The van der Waals surface area contributed by atoms with E-state index >= 15 is 0 Å². The summed E-state index contributed by atoms with van der Waals surface area (Å²) in [6.07, 6.45) is 0.0192. The second kappa shape index (κ2) is 5.95. The number of nitrogens with one attached hydrogen (secondary N) is 2. The minimum Gasteiger partial charge on any atom is -0.241 e. The Balaban J connectivity index is 2.24. The Morgan fingerprint density at radius 3 is 2.00 bits per heavy atom. The number of nitrogens with zero attached hydrogens (tertiary/aromatic N) is 4. The normalized spacial score (nSPS) is 44.6. The number of hydrogen-bond donors (Lipinski definition) is 2. The fourth-order valence-corrected chi connectivity index (χ4v) is 5.04. The second-order valence-electron chi connectivity index (χ2n) is 3.13. The first kappa shape index (κ1) is 15.0. The van der Waals surface area contributed by atoms with Crippen molar-refractivity contribution in [1.82, 2.24) is 27.2 Å². The van der Waals surface area contributed by atoms with Crippen molar-refractivity contribution >= 4 is 96.4 Å². The highest BCUT2D eigenvalue weighted by molar-refractivity contribution is 9.12. The highest BCUT2D eigenvalue weighted by Gasteiger charge is 2.50. The van der Waals surface area contributed by atoms with Gasteiger partial charge in [0.1, 0.15) is 6.17 Å². The molecule has 0 amide bonds. The molecule has 16 heavy (non-hydrogen) atoms. The van der Waals surface area contributed by atoms with E-state index in [1.54, 1.807) is 8.29 Å². The van der Waals surface area contributed by atoms with Crippen molar-refractivity contribution in [2.45, 2.75) is 22.0 Å². The third-order valence-corrected chi connectivity index (χ3v) is 8.88. The summed E-state index contributed by atoms with van der Waals surface area (Å²) >= 11 is 21.0. The predicted octanol–water partition coefficient (Wildman–Crippen LogP) is 2.48. The van der Waals surface area contributed by atoms with Gasteiger partial charge in [0.05, 0.1) is 48.1 Å². The molecule has 6 nitrogen and oxygen atoms in total. The maximum absolute atomic E-state index is 3.66. The van der Waals surface area contributed by atoms with Crippen molar-refractivity contribution in [2.24, 2.45) is 0 Å². The van der Waals surface area contributed by atoms with E-state index in [9.17, 15) is 0 Å². The van der Waals surface area contributed by atoms with E-state index in [1.807, 2.05) is 8.07 Å². The van der Waals surface area contributed by atoms with Crippen LogP contribution in [0.15, 0.2) is 0 Å². The van der Waals surface area contributed by atoms with E-state index in [2.05, 4.69) is 107 Å². The standard InChI is InChI=1S/C4H6Br6N6/c5-1-2-4(12-11-3(1)6)14(8)16(10)15(9)13(2)7/h1-4,11-12H. The average Bonchev–Trinajstić information content (AvgIpc) is 2.27. The average molecular weight is 618 g/mol. The van der Waals surface area contributed by atoms with Crippen molar-refractivity contribution in [3.05, 3.63) is 0 Å². The molecule has 4 unspecified atom stereocenters. The van der Waals surface area contributed by atoms with Gasteiger partial charge in [-0.15, -0.1) is 8.07 Å². The third kappa shape index (κ3) is 2.59. The molecule has 0 aromatic rings. The number of halogens is 6. The smallest absolute Gasteiger partial charge is 0.119 e. The molecule has 0 saturated carbocycles. The van der Waals surface area contributed by atoms with Gasteiger partial charge >= 0.3 is 0 Å². The summed E-state index contributed by atoms with van der Waals surface area (Å²) in [6.45, 7) is 0. The Kier molecular flexibility index (Phi) is 5.60. The molecule has 2 aliphatic rings. The first-order valence-electron chi connectivity index (χ1n) is 4.06. The number of hydrazine groups is 4. The third-order valence-electron chi connectivity index (χ3n) is 2.23. The lowest BCUT2D eigenvalue weighted by Crippen LogP contribution is -2.75. The zero-order valence-corrected chi connectivity index (χ0v) is 16.9. The van der Waals surface area contributed by atoms with Crippen molar-refractivity contribution in [3.8, 4) is 0 Å². The first-order valence-corrected chi connectivity index (χ1v) is 8.72. The Labute approximate surface area is 144 Å². The molecule has 0 spiro atoms. The van der Waals surface area contributed by atoms with Crippen LogP contribution in [0.3, 0.4) is 0 Å². The fourth-order valence-electron chi connectivity index (χ4n) is 1.44. The Morgan fingerprint density at radius 2 is 1.38 bits per heavy atom. The number of hydrogen-bond acceptors (Lipinski definition) is 6. The Morgan fingerprint density at radius 1 is 0.812 bits per heavy atom. The molecule has 0 aliphatic carbocycles. The van der Waals surface area contributed by atoms with Gasteiger partial charge in [-0.3, -0.25) is 0 Å². The van der Waals surface area contributed by atoms with Gasteiger partial charge in [0.15, 0.2) is 0 Å². The van der Waals surface area contributed by atoms with Gasteiger partial charge in [-0.05, 0) is 0 Å². The second-order valence-corrected chi connectivity index (χ2v) is 7.89. The summed E-state index contributed by atoms with van der Waals surface area (Å²) in [7, 11) is 0. The minimum atomic E-state index is 0.0192. The molecule has 0 aromatic heterocycles. The number of rotatable bonds is 0. The Hall–Kier alpha value is 2.64. The van der Waals surface area contributed by atoms with Crippen LogP contribution in [0.25, 0.3) is 0 Å². The molecular formula is C4H6Br6N6. The van der Waals surface area contributed by atoms with E-state index in [0.717, 1.165) is 0 Å². The molecule has 2 aliphatic heterocycles. The molecule has 0 aromatic carbocycles. The van der Waals surface area contributed by atoms with Crippen LogP contribution in [0.5, 0.6) is 0 Å². The molecule has 2 N–H and O–H groups in total. The van der Waals surface area contributed by atoms with Crippen LogP contribution in [0.4, 0.5) is 0 Å². The van der Waals surface area contributed by atoms with Crippen molar-refractivity contribution in [1.29, 1.82) is 0 Å². The van der Waals surface area contributed by atoms with Crippen molar-refractivity contribution < 1.29 is 0 Å². The molecule has 12 heteroatoms. The zero-order valence-electron chi connectivity index (χ0n) is 7.37. The summed E-state index contributed by atoms with van der Waals surface area (Å²) < 4.78 is 7.08. The van der Waals surface area contributed by atoms with Crippen LogP contribution >= 0.6 is 96.4 Å². The summed E-state index contributed by atoms with van der Waals surface area (Å²) in [5, 5.41) is 0. The monoisotopic (exact) mass is 612 g/mol. The van der Waals surface area contributed by atoms with Gasteiger partial charge < -0.3 is 0 Å². The van der Waals surface area contributed by atoms with Crippen LogP contribution in [-0.4, -0.2) is 38.3 Å². The summed E-state index contributed by atoms with van der Waals surface area (Å²) in [4.78, 5) is 0.317. The quantitative estimate of drug-likeness (QED) is 0.248. The van der Waals surface area contributed by atoms with Crippen LogP contribution in [-0.2, 0) is 0 Å². The van der Waals surface area contributed by atoms with Gasteiger partial charge in [0.25, 0.3) is 0 Å². The van der Waals surface area contributed by atoms with E-state index in [0.29, 0.717) is 0 Å². The summed E-state index contributed by atoms with van der Waals surface area (Å²) in [5.74, 6) is 0. The van der Waals surface area contributed by atoms with Gasteiger partial charge in [0, 0.05) is 32.3 Å². The minimum absolute atomic E-state index is 0.0192. The maximum Gasteiger partial charge on any atom is 0.119 e. The topological polar surface area (TPSA) is 37.0 Å². The lowest BCUT2D eigenvalue weighted by molar-refractivity contribution is -0.150. The SMILES string of the molecule is BrC1NNC2C(C1Br)N(Br)N(Br)N(Br)N2Br. The van der Waals surface area contributed by atoms with Crippen LogP contribution in [0.2, 0.25) is 0 Å². The van der Waals surface area contributed by atoms with Crippen molar-refractivity contribution in [3.63, 3.8) is 0 Å². The van der Waals surface area contributed by atoms with E-state index in [1.165, 1.54) is 0 Å². The molecule has 2 heterocycles. The Bertz CT molecular complexity index is 269. The van der Waals surface area contributed by atoms with E-state index < -0.39 is 0 Å². The molecule has 2 saturated heterocycles. The summed E-state index contributed by atoms with van der Waals surface area (Å²) in [6, 6.07) is 0.137. The van der Waals surface area contributed by atoms with Gasteiger partial charge in [-0.1, -0.05) is 40.1 Å². The maximum atomic E-state index is 3.66. The van der Waals surface area contributed by atoms with Crippen LogP contribution in [0, 0.1) is 0 Å². The van der Waals surface area contributed by atoms with Gasteiger partial charge in [-0.25, -0.2) is 10.9 Å². The fraction of sp³-hybridized carbons (Fsp3) is 1.00. The van der Waals surface area contributed by atoms with Gasteiger partial charge in [-0.2, -0.15) is 0 Å². The molecule has 2 rings (SSSR count). The van der Waals surface area contributed by atoms with Crippen LogP contribution in [0.1, 0.15) is 0 Å². The largest absolute Gasteiger partial charge is 0.241 e. The lowest BCUT2D eigenvalue weighted by Gasteiger charge is -2.53. The van der Waals surface area contributed by atoms with Gasteiger partial charge in [0.2, 0.25) is 0 Å². The number of alkyl halides is 2. The predicted molar refractivity (Wildman–Crippen MR) is 82.3 cm³/mol. The van der Waals surface area contributed by atoms with Crippen LogP contribution < -0.4 is 10.9 Å². The summed E-state index contributed by atoms with van der Waals surface area (Å²) in [5.41, 5.74) is 6.33. The zero-order chi connectivity index (χ0) is 12.0. The number of fused-ring (bicyclic) bond motifs is 1. The first-order chi connectivity index (χ1) is 7.45.